The summed E-state index contributed by atoms with van der Waals surface area (Å²) in [5, 5.41) is 0.576. The predicted molar refractivity (Wildman–Crippen MR) is 71.5 cm³/mol. The number of rotatable bonds is 2. The predicted octanol–water partition coefficient (Wildman–Crippen LogP) is 0.746. The molecule has 2 rings (SSSR count). The third-order valence-electron chi connectivity index (χ3n) is 2.38. The molecule has 88 valence electrons. The molecule has 0 aliphatic heterocycles. The Labute approximate surface area is 103 Å². The molecule has 0 amide bonds. The van der Waals surface area contributed by atoms with Crippen molar-refractivity contribution >= 4 is 28.2 Å². The van der Waals surface area contributed by atoms with Crippen molar-refractivity contribution in [2.45, 2.75) is 13.3 Å². The second kappa shape index (κ2) is 4.50. The Morgan fingerprint density at radius 2 is 2.24 bits per heavy atom. The zero-order chi connectivity index (χ0) is 12.4. The first-order valence-electron chi connectivity index (χ1n) is 5.20. The first-order valence-corrected chi connectivity index (χ1v) is 5.61. The molecule has 0 saturated carbocycles. The Morgan fingerprint density at radius 3 is 2.88 bits per heavy atom. The molecule has 0 fully saturated rings. The van der Waals surface area contributed by atoms with Gasteiger partial charge in [0.15, 0.2) is 5.11 Å². The molecule has 5 nitrogen and oxygen atoms in total. The number of hydrogen-bond donors (Lipinski definition) is 2. The van der Waals surface area contributed by atoms with E-state index in [1.54, 1.807) is 18.2 Å². The number of thiocarbonyl (C=S) groups is 1. The van der Waals surface area contributed by atoms with Crippen molar-refractivity contribution in [1.82, 2.24) is 9.66 Å². The lowest BCUT2D eigenvalue weighted by atomic mass is 10.2. The van der Waals surface area contributed by atoms with Gasteiger partial charge in [0.2, 0.25) is 0 Å². The summed E-state index contributed by atoms with van der Waals surface area (Å²) < 4.78 is 1.30. The van der Waals surface area contributed by atoms with Gasteiger partial charge in [-0.15, -0.1) is 0 Å². The van der Waals surface area contributed by atoms with Gasteiger partial charge >= 0.3 is 0 Å². The quantitative estimate of drug-likeness (QED) is 0.767. The van der Waals surface area contributed by atoms with Crippen LogP contribution in [-0.4, -0.2) is 14.8 Å². The third-order valence-corrected chi connectivity index (χ3v) is 2.47. The number of aromatic nitrogens is 2. The monoisotopic (exact) mass is 248 g/mol. The smallest absolute Gasteiger partial charge is 0.280 e. The Morgan fingerprint density at radius 1 is 1.53 bits per heavy atom. The average Bonchev–Trinajstić information content (AvgIpc) is 2.32. The topological polar surface area (TPSA) is 72.9 Å². The molecular formula is C11H12N4OS. The van der Waals surface area contributed by atoms with Crippen LogP contribution in [0.5, 0.6) is 0 Å². The standard InChI is InChI=1S/C11H12N4OS/c1-2-9-13-8-6-4-3-5-7(8)10(16)15(9)14-11(12)17/h3-6H,2H2,1H3,(H3,12,14,17). The normalized spacial score (nSPS) is 10.4. The number of aryl methyl sites for hydroxylation is 1. The average molecular weight is 248 g/mol. The van der Waals surface area contributed by atoms with Crippen molar-refractivity contribution in [2.75, 3.05) is 5.43 Å². The number of nitrogens with two attached hydrogens (primary N) is 1. The van der Waals surface area contributed by atoms with E-state index >= 15 is 0 Å². The molecule has 0 aliphatic carbocycles. The van der Waals surface area contributed by atoms with Crippen LogP contribution in [0.4, 0.5) is 0 Å². The van der Waals surface area contributed by atoms with E-state index < -0.39 is 0 Å². The van der Waals surface area contributed by atoms with Crippen LogP contribution in [-0.2, 0) is 6.42 Å². The van der Waals surface area contributed by atoms with Gasteiger partial charge in [-0.3, -0.25) is 10.2 Å². The molecule has 6 heteroatoms. The van der Waals surface area contributed by atoms with Gasteiger partial charge in [0, 0.05) is 6.42 Å². The summed E-state index contributed by atoms with van der Waals surface area (Å²) in [6.45, 7) is 1.91. The van der Waals surface area contributed by atoms with E-state index in [-0.39, 0.29) is 10.7 Å². The molecule has 0 spiro atoms. The van der Waals surface area contributed by atoms with Crippen LogP contribution >= 0.6 is 12.2 Å². The van der Waals surface area contributed by atoms with E-state index in [0.717, 1.165) is 0 Å². The van der Waals surface area contributed by atoms with Crippen molar-refractivity contribution in [3.63, 3.8) is 0 Å². The van der Waals surface area contributed by atoms with Gasteiger partial charge in [-0.2, -0.15) is 0 Å². The Balaban J connectivity index is 2.76. The minimum Gasteiger partial charge on any atom is -0.375 e. The van der Waals surface area contributed by atoms with E-state index in [0.29, 0.717) is 23.1 Å². The van der Waals surface area contributed by atoms with Crippen LogP contribution in [0.25, 0.3) is 10.9 Å². The summed E-state index contributed by atoms with van der Waals surface area (Å²) in [4.78, 5) is 16.6. The first-order chi connectivity index (χ1) is 8.13. The Bertz CT molecular complexity index is 635. The summed E-state index contributed by atoms with van der Waals surface area (Å²) in [6, 6.07) is 7.17. The lowest BCUT2D eigenvalue weighted by Gasteiger charge is -2.12. The minimum atomic E-state index is -0.194. The molecule has 0 aliphatic rings. The van der Waals surface area contributed by atoms with Gasteiger partial charge in [0.05, 0.1) is 10.9 Å². The van der Waals surface area contributed by atoms with Crippen molar-refractivity contribution in [3.8, 4) is 0 Å². The van der Waals surface area contributed by atoms with Crippen molar-refractivity contribution in [2.24, 2.45) is 5.73 Å². The fourth-order valence-corrected chi connectivity index (χ4v) is 1.73. The van der Waals surface area contributed by atoms with E-state index in [4.69, 9.17) is 18.0 Å². The van der Waals surface area contributed by atoms with Gasteiger partial charge < -0.3 is 5.73 Å². The molecule has 0 unspecified atom stereocenters. The highest BCUT2D eigenvalue weighted by molar-refractivity contribution is 7.80. The molecule has 17 heavy (non-hydrogen) atoms. The maximum atomic E-state index is 12.2. The number of nitrogens with zero attached hydrogens (tertiary/aromatic N) is 2. The van der Waals surface area contributed by atoms with Crippen molar-refractivity contribution in [3.05, 3.63) is 40.4 Å². The molecule has 3 N–H and O–H groups in total. The number of para-hydroxylation sites is 1. The van der Waals surface area contributed by atoms with E-state index in [1.165, 1.54) is 4.68 Å². The summed E-state index contributed by atoms with van der Waals surface area (Å²) in [7, 11) is 0. The van der Waals surface area contributed by atoms with E-state index in [9.17, 15) is 4.79 Å². The van der Waals surface area contributed by atoms with Crippen LogP contribution < -0.4 is 16.7 Å². The lowest BCUT2D eigenvalue weighted by molar-refractivity contribution is 0.789. The molecule has 1 heterocycles. The largest absolute Gasteiger partial charge is 0.375 e. The fraction of sp³-hybridized carbons (Fsp3) is 0.182. The number of nitrogens with one attached hydrogen (secondary N) is 1. The van der Waals surface area contributed by atoms with Gasteiger partial charge in [-0.05, 0) is 24.4 Å². The highest BCUT2D eigenvalue weighted by atomic mass is 32.1. The number of fused-ring (bicyclic) bond motifs is 1. The molecule has 0 radical (unpaired) electrons. The van der Waals surface area contributed by atoms with Gasteiger partial charge in [0.25, 0.3) is 5.56 Å². The van der Waals surface area contributed by atoms with Crippen LogP contribution in [0, 0.1) is 0 Å². The molecule has 1 aromatic heterocycles. The Kier molecular flexibility index (Phi) is 3.06. The second-order valence-corrected chi connectivity index (χ2v) is 3.96. The third kappa shape index (κ3) is 2.12. The minimum absolute atomic E-state index is 0.0406. The fourth-order valence-electron chi connectivity index (χ4n) is 1.64. The molecule has 1 aromatic carbocycles. The van der Waals surface area contributed by atoms with Crippen molar-refractivity contribution < 1.29 is 0 Å². The number of benzene rings is 1. The summed E-state index contributed by atoms with van der Waals surface area (Å²) in [6.07, 6.45) is 0.607. The summed E-state index contributed by atoms with van der Waals surface area (Å²) in [5.41, 5.74) is 8.51. The van der Waals surface area contributed by atoms with Crippen molar-refractivity contribution in [1.29, 1.82) is 0 Å². The first kappa shape index (κ1) is 11.5. The second-order valence-electron chi connectivity index (χ2n) is 3.52. The van der Waals surface area contributed by atoms with E-state index in [2.05, 4.69) is 10.4 Å². The van der Waals surface area contributed by atoms with Gasteiger partial charge in [-0.1, -0.05) is 19.1 Å². The molecule has 0 saturated heterocycles. The van der Waals surface area contributed by atoms with Gasteiger partial charge in [-0.25, -0.2) is 9.66 Å². The SMILES string of the molecule is CCc1nc2ccccc2c(=O)n1NC(N)=S. The van der Waals surface area contributed by atoms with Crippen LogP contribution in [0.2, 0.25) is 0 Å². The lowest BCUT2D eigenvalue weighted by Crippen LogP contribution is -2.38. The highest BCUT2D eigenvalue weighted by Gasteiger charge is 2.09. The maximum absolute atomic E-state index is 12.2. The Hall–Kier alpha value is -1.95. The molecule has 0 atom stereocenters. The number of hydrogen-bond acceptors (Lipinski definition) is 3. The maximum Gasteiger partial charge on any atom is 0.280 e. The van der Waals surface area contributed by atoms with Crippen LogP contribution in [0.3, 0.4) is 0 Å². The van der Waals surface area contributed by atoms with E-state index in [1.807, 2.05) is 13.0 Å². The molecule has 0 bridgehead atoms. The highest BCUT2D eigenvalue weighted by Crippen LogP contribution is 2.07. The molecule has 2 aromatic rings. The zero-order valence-electron chi connectivity index (χ0n) is 9.30. The van der Waals surface area contributed by atoms with Crippen LogP contribution in [0.15, 0.2) is 29.1 Å². The molecular weight excluding hydrogens is 236 g/mol. The van der Waals surface area contributed by atoms with Crippen LogP contribution in [0.1, 0.15) is 12.7 Å². The summed E-state index contributed by atoms with van der Waals surface area (Å²) in [5.74, 6) is 0.599. The zero-order valence-corrected chi connectivity index (χ0v) is 10.1. The summed E-state index contributed by atoms with van der Waals surface area (Å²) >= 11 is 4.75. The van der Waals surface area contributed by atoms with Gasteiger partial charge in [0.1, 0.15) is 5.82 Å².